The molecule has 112 valence electrons. The van der Waals surface area contributed by atoms with Gasteiger partial charge in [-0.15, -0.1) is 0 Å². The summed E-state index contributed by atoms with van der Waals surface area (Å²) in [4.78, 5) is 2.26. The number of ether oxygens (including phenoxy) is 1. The van der Waals surface area contributed by atoms with E-state index in [0.29, 0.717) is 6.61 Å². The highest BCUT2D eigenvalue weighted by Gasteiger charge is 2.12. The van der Waals surface area contributed by atoms with Crippen LogP contribution < -0.4 is 4.74 Å². The molecule has 6 heteroatoms. The van der Waals surface area contributed by atoms with Gasteiger partial charge in [-0.3, -0.25) is 4.90 Å². The molecule has 0 aromatic heterocycles. The smallest absolute Gasteiger partial charge is 0.175 e. The maximum Gasteiger partial charge on any atom is 0.175 e. The second-order valence-electron chi connectivity index (χ2n) is 5.15. The van der Waals surface area contributed by atoms with Gasteiger partial charge in [0, 0.05) is 18.9 Å². The summed E-state index contributed by atoms with van der Waals surface area (Å²) in [7, 11) is -3.42. The summed E-state index contributed by atoms with van der Waals surface area (Å²) >= 11 is 0. The van der Waals surface area contributed by atoms with Crippen LogP contribution in [0.5, 0.6) is 5.75 Å². The minimum absolute atomic E-state index is 0.0505. The normalized spacial score (nSPS) is 17.1. The Bertz CT molecular complexity index is 554. The van der Waals surface area contributed by atoms with Gasteiger partial charge in [0.05, 0.1) is 4.90 Å². The molecule has 2 rings (SSSR count). The lowest BCUT2D eigenvalue weighted by Gasteiger charge is -2.26. The van der Waals surface area contributed by atoms with E-state index in [2.05, 4.69) is 4.90 Å². The first-order chi connectivity index (χ1) is 9.45. The Morgan fingerprint density at radius 1 is 1.20 bits per heavy atom. The van der Waals surface area contributed by atoms with Gasteiger partial charge in [0.2, 0.25) is 0 Å². The van der Waals surface area contributed by atoms with Crippen LogP contribution in [-0.4, -0.2) is 45.8 Å². The van der Waals surface area contributed by atoms with Gasteiger partial charge >= 0.3 is 0 Å². The maximum atomic E-state index is 13.4. The fraction of sp³-hybridized carbons (Fsp3) is 0.571. The molecule has 1 aromatic carbocycles. The largest absolute Gasteiger partial charge is 0.492 e. The Kier molecular flexibility index (Phi) is 4.99. The van der Waals surface area contributed by atoms with Crippen molar-refractivity contribution in [2.75, 3.05) is 32.5 Å². The third-order valence-corrected chi connectivity index (χ3v) is 4.49. The monoisotopic (exact) mass is 301 g/mol. The summed E-state index contributed by atoms with van der Waals surface area (Å²) in [5.74, 6) is -0.330. The van der Waals surface area contributed by atoms with Crippen molar-refractivity contribution in [3.63, 3.8) is 0 Å². The second kappa shape index (κ2) is 6.54. The maximum absolute atomic E-state index is 13.4. The van der Waals surface area contributed by atoms with Crippen molar-refractivity contribution in [2.24, 2.45) is 0 Å². The molecule has 1 saturated heterocycles. The Labute approximate surface area is 119 Å². The minimum atomic E-state index is -3.42. The van der Waals surface area contributed by atoms with Crippen molar-refractivity contribution in [3.05, 3.63) is 24.0 Å². The van der Waals surface area contributed by atoms with Gasteiger partial charge in [-0.2, -0.15) is 0 Å². The van der Waals surface area contributed by atoms with Gasteiger partial charge in [-0.05, 0) is 38.1 Å². The zero-order valence-electron chi connectivity index (χ0n) is 11.6. The van der Waals surface area contributed by atoms with Crippen LogP contribution in [-0.2, 0) is 9.84 Å². The fourth-order valence-electron chi connectivity index (χ4n) is 2.31. The molecule has 0 unspecified atom stereocenters. The quantitative estimate of drug-likeness (QED) is 0.835. The number of rotatable bonds is 5. The zero-order chi connectivity index (χ0) is 14.6. The van der Waals surface area contributed by atoms with E-state index in [1.807, 2.05) is 0 Å². The standard InChI is InChI=1S/C14H20FNO3S/c1-20(17,18)14-10-12(15)9-13(11-14)19-8-7-16-5-3-2-4-6-16/h9-11H,2-8H2,1H3. The van der Waals surface area contributed by atoms with Crippen LogP contribution in [0.1, 0.15) is 19.3 Å². The second-order valence-corrected chi connectivity index (χ2v) is 7.16. The van der Waals surface area contributed by atoms with Gasteiger partial charge < -0.3 is 4.74 Å². The van der Waals surface area contributed by atoms with Crippen molar-refractivity contribution in [3.8, 4) is 5.75 Å². The van der Waals surface area contributed by atoms with E-state index in [1.165, 1.54) is 31.4 Å². The topological polar surface area (TPSA) is 46.6 Å². The molecule has 4 nitrogen and oxygen atoms in total. The molecule has 1 aliphatic rings. The lowest BCUT2D eigenvalue weighted by molar-refractivity contribution is 0.183. The molecule has 0 bridgehead atoms. The Morgan fingerprint density at radius 3 is 2.55 bits per heavy atom. The fourth-order valence-corrected chi connectivity index (χ4v) is 2.97. The molecule has 0 N–H and O–H groups in total. The predicted octanol–water partition coefficient (Wildman–Crippen LogP) is 2.09. The average molecular weight is 301 g/mol. The van der Waals surface area contributed by atoms with Gasteiger partial charge in [-0.25, -0.2) is 12.8 Å². The lowest BCUT2D eigenvalue weighted by atomic mass is 10.1. The first-order valence-corrected chi connectivity index (χ1v) is 8.70. The lowest BCUT2D eigenvalue weighted by Crippen LogP contribution is -2.33. The van der Waals surface area contributed by atoms with Crippen molar-refractivity contribution in [1.29, 1.82) is 0 Å². The van der Waals surface area contributed by atoms with Crippen molar-refractivity contribution < 1.29 is 17.5 Å². The molecule has 20 heavy (non-hydrogen) atoms. The summed E-state index contributed by atoms with van der Waals surface area (Å²) in [6, 6.07) is 3.59. The first kappa shape index (κ1) is 15.3. The van der Waals surface area contributed by atoms with Crippen LogP contribution in [0.25, 0.3) is 0 Å². The summed E-state index contributed by atoms with van der Waals surface area (Å²) in [6.45, 7) is 3.36. The average Bonchev–Trinajstić information content (AvgIpc) is 2.38. The van der Waals surface area contributed by atoms with E-state index >= 15 is 0 Å². The van der Waals surface area contributed by atoms with Gasteiger partial charge in [0.15, 0.2) is 9.84 Å². The predicted molar refractivity (Wildman–Crippen MR) is 75.3 cm³/mol. The molecule has 1 fully saturated rings. The number of sulfone groups is 1. The summed E-state index contributed by atoms with van der Waals surface area (Å²) in [5.41, 5.74) is 0. The van der Waals surface area contributed by atoms with E-state index in [-0.39, 0.29) is 10.6 Å². The molecule has 0 spiro atoms. The Balaban J connectivity index is 1.94. The Hall–Kier alpha value is -1.14. The van der Waals surface area contributed by atoms with Gasteiger partial charge in [0.25, 0.3) is 0 Å². The molecule has 0 aliphatic carbocycles. The first-order valence-electron chi connectivity index (χ1n) is 6.81. The summed E-state index contributed by atoms with van der Waals surface area (Å²) in [5, 5.41) is 0. The number of halogens is 1. The molecule has 0 amide bonds. The van der Waals surface area contributed by atoms with Crippen molar-refractivity contribution >= 4 is 9.84 Å². The van der Waals surface area contributed by atoms with Gasteiger partial charge in [-0.1, -0.05) is 6.42 Å². The molecule has 1 aliphatic heterocycles. The third-order valence-electron chi connectivity index (χ3n) is 3.40. The number of hydrogen-bond donors (Lipinski definition) is 0. The molecule has 1 heterocycles. The Morgan fingerprint density at radius 2 is 1.90 bits per heavy atom. The van der Waals surface area contributed by atoms with E-state index in [9.17, 15) is 12.8 Å². The molecule has 1 aromatic rings. The van der Waals surface area contributed by atoms with Crippen LogP contribution in [0.3, 0.4) is 0 Å². The van der Waals surface area contributed by atoms with E-state index in [1.54, 1.807) is 0 Å². The zero-order valence-corrected chi connectivity index (χ0v) is 12.5. The highest BCUT2D eigenvalue weighted by atomic mass is 32.2. The number of piperidine rings is 1. The third kappa shape index (κ3) is 4.45. The van der Waals surface area contributed by atoms with Gasteiger partial charge in [0.1, 0.15) is 18.2 Å². The van der Waals surface area contributed by atoms with Crippen LogP contribution in [0, 0.1) is 5.82 Å². The van der Waals surface area contributed by atoms with Crippen molar-refractivity contribution in [1.82, 2.24) is 4.90 Å². The minimum Gasteiger partial charge on any atom is -0.492 e. The highest BCUT2D eigenvalue weighted by Crippen LogP contribution is 2.20. The van der Waals surface area contributed by atoms with Crippen molar-refractivity contribution in [2.45, 2.75) is 24.2 Å². The van der Waals surface area contributed by atoms with E-state index in [4.69, 9.17) is 4.74 Å². The molecule has 0 radical (unpaired) electrons. The summed E-state index contributed by atoms with van der Waals surface area (Å²) < 4.78 is 41.7. The number of hydrogen-bond acceptors (Lipinski definition) is 4. The molecular formula is C14H20FNO3S. The summed E-state index contributed by atoms with van der Waals surface area (Å²) in [6.07, 6.45) is 4.74. The van der Waals surface area contributed by atoms with E-state index < -0.39 is 15.7 Å². The van der Waals surface area contributed by atoms with Crippen LogP contribution in [0.4, 0.5) is 4.39 Å². The van der Waals surface area contributed by atoms with Crippen LogP contribution in [0.2, 0.25) is 0 Å². The molecule has 0 saturated carbocycles. The molecular weight excluding hydrogens is 281 g/mol. The van der Waals surface area contributed by atoms with E-state index in [0.717, 1.165) is 32.0 Å². The number of likely N-dealkylation sites (tertiary alicyclic amines) is 1. The van der Waals surface area contributed by atoms with Crippen LogP contribution >= 0.6 is 0 Å². The molecule has 0 atom stereocenters. The number of nitrogens with zero attached hydrogens (tertiary/aromatic N) is 1. The SMILES string of the molecule is CS(=O)(=O)c1cc(F)cc(OCCN2CCCCC2)c1. The van der Waals surface area contributed by atoms with Crippen LogP contribution in [0.15, 0.2) is 23.1 Å². The number of benzene rings is 1. The highest BCUT2D eigenvalue weighted by molar-refractivity contribution is 7.90.